The van der Waals surface area contributed by atoms with Crippen molar-refractivity contribution in [3.63, 3.8) is 0 Å². The summed E-state index contributed by atoms with van der Waals surface area (Å²) in [7, 11) is 0. The second kappa shape index (κ2) is 12.0. The smallest absolute Gasteiger partial charge is 0.408 e. The number of guanidine groups is 1. The summed E-state index contributed by atoms with van der Waals surface area (Å²) in [5, 5.41) is 21.2. The van der Waals surface area contributed by atoms with E-state index in [1.165, 1.54) is 29.3 Å². The Hall–Kier alpha value is -3.88. The number of carbonyl (C=O) groups is 1. The molecule has 182 valence electrons. The predicted octanol–water partition coefficient (Wildman–Crippen LogP) is 4.84. The highest BCUT2D eigenvalue weighted by Crippen LogP contribution is 2.26. The summed E-state index contributed by atoms with van der Waals surface area (Å²) in [4.78, 5) is 16.0. The van der Waals surface area contributed by atoms with Crippen molar-refractivity contribution < 1.29 is 23.0 Å². The van der Waals surface area contributed by atoms with Gasteiger partial charge in [-0.05, 0) is 24.3 Å². The fourth-order valence-electron chi connectivity index (χ4n) is 3.06. The van der Waals surface area contributed by atoms with E-state index >= 15 is 0 Å². The first-order chi connectivity index (χ1) is 16.8. The van der Waals surface area contributed by atoms with Gasteiger partial charge in [-0.1, -0.05) is 48.0 Å². The van der Waals surface area contributed by atoms with Crippen LogP contribution in [0.5, 0.6) is 5.75 Å². The van der Waals surface area contributed by atoms with E-state index in [1.807, 2.05) is 0 Å². The second-order valence-electron chi connectivity index (χ2n) is 6.85. The van der Waals surface area contributed by atoms with Crippen molar-refractivity contribution >= 4 is 46.7 Å². The van der Waals surface area contributed by atoms with Crippen LogP contribution in [0, 0.1) is 11.5 Å². The molecule has 0 aliphatic carbocycles. The number of rotatable bonds is 7. The number of anilines is 1. The zero-order valence-electron chi connectivity index (χ0n) is 17.9. The van der Waals surface area contributed by atoms with Gasteiger partial charge in [0.2, 0.25) is 12.2 Å². The van der Waals surface area contributed by atoms with Gasteiger partial charge in [-0.15, -0.1) is 4.99 Å². The van der Waals surface area contributed by atoms with E-state index in [0.717, 1.165) is 0 Å². The summed E-state index contributed by atoms with van der Waals surface area (Å²) >= 11 is 12.2. The van der Waals surface area contributed by atoms with E-state index < -0.39 is 18.7 Å². The van der Waals surface area contributed by atoms with E-state index in [-0.39, 0.29) is 29.9 Å². The fourth-order valence-corrected chi connectivity index (χ4v) is 3.36. The molecule has 0 spiro atoms. The van der Waals surface area contributed by atoms with E-state index in [0.29, 0.717) is 22.0 Å². The van der Waals surface area contributed by atoms with E-state index in [9.17, 15) is 18.8 Å². The number of aliphatic imine (C=N–C) groups is 1. The Bertz CT molecular complexity index is 1200. The minimum absolute atomic E-state index is 0.00123. The van der Waals surface area contributed by atoms with Gasteiger partial charge in [0.1, 0.15) is 12.4 Å². The van der Waals surface area contributed by atoms with Crippen molar-refractivity contribution in [3.05, 3.63) is 70.7 Å². The molecular weight excluding hydrogens is 505 g/mol. The molecule has 1 aliphatic rings. The van der Waals surface area contributed by atoms with Crippen LogP contribution < -0.4 is 15.4 Å². The number of nitrogens with zero attached hydrogens (tertiary/aromatic N) is 4. The number of alkyl halides is 2. The lowest BCUT2D eigenvalue weighted by Gasteiger charge is -2.19. The zero-order valence-corrected chi connectivity index (χ0v) is 19.4. The average Bonchev–Trinajstić information content (AvgIpc) is 3.22. The van der Waals surface area contributed by atoms with Gasteiger partial charge in [-0.25, -0.2) is 9.80 Å². The average molecular weight is 523 g/mol. The van der Waals surface area contributed by atoms with Crippen LogP contribution >= 0.6 is 23.2 Å². The fraction of sp³-hybridized carbons (Fsp3) is 0.182. The number of carbonyl (C=O) groups excluding carboxylic acids is 1. The molecule has 13 heteroatoms. The molecule has 0 radical (unpaired) electrons. The lowest BCUT2D eigenvalue weighted by molar-refractivity contribution is -0.0498. The molecular formula is C22H18Cl2F2N6O3. The Labute approximate surface area is 209 Å². The first kappa shape index (κ1) is 25.7. The number of nitrogens with one attached hydrogen (secondary N) is 2. The number of alkyl carbamates (subject to hydrolysis) is 1. The van der Waals surface area contributed by atoms with Crippen LogP contribution in [0.1, 0.15) is 5.56 Å². The highest BCUT2D eigenvalue weighted by molar-refractivity contribution is 6.42. The lowest BCUT2D eigenvalue weighted by Crippen LogP contribution is -2.44. The first-order valence-corrected chi connectivity index (χ1v) is 10.7. The highest BCUT2D eigenvalue weighted by atomic mass is 35.5. The standard InChI is InChI=1S/C22H18Cl2F2N6O3/c1-2-8-34-22(33)30-18-11-32(31-19(18)13-6-7-16(23)17(24)9-13)21(28-12-27)29-14-4-3-5-15(10-14)35-20(25)26/h2-7,9-10,18,20H,1,8,11H2,(H,28,29)(H,30,33). The molecule has 0 saturated carbocycles. The van der Waals surface area contributed by atoms with Gasteiger partial charge in [0.25, 0.3) is 0 Å². The molecule has 0 bridgehead atoms. The van der Waals surface area contributed by atoms with Crippen molar-refractivity contribution in [1.82, 2.24) is 10.3 Å². The number of benzene rings is 2. The Balaban J connectivity index is 1.90. The van der Waals surface area contributed by atoms with E-state index in [1.54, 1.807) is 30.5 Å². The predicted molar refractivity (Wildman–Crippen MR) is 128 cm³/mol. The molecule has 0 saturated heterocycles. The summed E-state index contributed by atoms with van der Waals surface area (Å²) in [6.07, 6.45) is 2.37. The van der Waals surface area contributed by atoms with Crippen molar-refractivity contribution in [3.8, 4) is 11.9 Å². The van der Waals surface area contributed by atoms with Gasteiger partial charge in [0.15, 0.2) is 0 Å². The monoisotopic (exact) mass is 522 g/mol. The van der Waals surface area contributed by atoms with Crippen LogP contribution in [0.25, 0.3) is 0 Å². The molecule has 1 aliphatic heterocycles. The number of hydrogen-bond acceptors (Lipinski definition) is 6. The maximum Gasteiger partial charge on any atom is 0.408 e. The third-order valence-corrected chi connectivity index (χ3v) is 5.21. The number of ether oxygens (including phenoxy) is 2. The van der Waals surface area contributed by atoms with Crippen molar-refractivity contribution in [2.45, 2.75) is 12.7 Å². The normalized spacial score (nSPS) is 15.3. The first-order valence-electron chi connectivity index (χ1n) is 9.95. The van der Waals surface area contributed by atoms with Gasteiger partial charge in [0.05, 0.1) is 28.3 Å². The van der Waals surface area contributed by atoms with Crippen molar-refractivity contribution in [1.29, 1.82) is 5.26 Å². The van der Waals surface area contributed by atoms with Crippen LogP contribution in [0.2, 0.25) is 10.0 Å². The SMILES string of the molecule is C=CCOC(=O)NC1CN(/C(=N\C#N)Nc2cccc(OC(F)F)c2)N=C1c1ccc(Cl)c(Cl)c1. The van der Waals surface area contributed by atoms with Crippen molar-refractivity contribution in [2.75, 3.05) is 18.5 Å². The summed E-state index contributed by atoms with van der Waals surface area (Å²) in [6, 6.07) is 9.84. The van der Waals surface area contributed by atoms with E-state index in [4.69, 9.17) is 27.9 Å². The van der Waals surface area contributed by atoms with E-state index in [2.05, 4.69) is 32.0 Å². The molecule has 35 heavy (non-hydrogen) atoms. The van der Waals surface area contributed by atoms with Gasteiger partial charge >= 0.3 is 12.7 Å². The largest absolute Gasteiger partial charge is 0.445 e. The number of amides is 1. The minimum atomic E-state index is -3.00. The molecule has 1 heterocycles. The van der Waals surface area contributed by atoms with Crippen LogP contribution in [0.15, 0.2) is 65.2 Å². The Morgan fingerprint density at radius 3 is 2.83 bits per heavy atom. The topological polar surface area (TPSA) is 111 Å². The third kappa shape index (κ3) is 7.05. The maximum absolute atomic E-state index is 12.6. The Morgan fingerprint density at radius 1 is 1.34 bits per heavy atom. The maximum atomic E-state index is 12.6. The Morgan fingerprint density at radius 2 is 2.14 bits per heavy atom. The molecule has 0 fully saturated rings. The number of nitriles is 1. The summed E-state index contributed by atoms with van der Waals surface area (Å²) < 4.78 is 34.5. The molecule has 1 amide bonds. The molecule has 2 aromatic rings. The second-order valence-corrected chi connectivity index (χ2v) is 7.66. The van der Waals surface area contributed by atoms with Crippen LogP contribution in [-0.2, 0) is 4.74 Å². The number of halogens is 4. The van der Waals surface area contributed by atoms with Crippen LogP contribution in [0.3, 0.4) is 0 Å². The van der Waals surface area contributed by atoms with Crippen molar-refractivity contribution in [2.24, 2.45) is 10.1 Å². The molecule has 0 aromatic heterocycles. The summed E-state index contributed by atoms with van der Waals surface area (Å²) in [6.45, 7) is 0.551. The number of hydrogen-bond donors (Lipinski definition) is 2. The molecule has 9 nitrogen and oxygen atoms in total. The van der Waals surface area contributed by atoms with Gasteiger partial charge in [-0.3, -0.25) is 0 Å². The molecule has 2 N–H and O–H groups in total. The van der Waals surface area contributed by atoms with Crippen LogP contribution in [-0.4, -0.2) is 48.6 Å². The van der Waals surface area contributed by atoms with Crippen LogP contribution in [0.4, 0.5) is 19.3 Å². The summed E-state index contributed by atoms with van der Waals surface area (Å²) in [5.74, 6) is -0.116. The van der Waals surface area contributed by atoms with Gasteiger partial charge in [0, 0.05) is 17.3 Å². The number of hydrazone groups is 1. The molecule has 2 aromatic carbocycles. The Kier molecular flexibility index (Phi) is 8.83. The molecule has 1 unspecified atom stereocenters. The lowest BCUT2D eigenvalue weighted by atomic mass is 10.0. The molecule has 1 atom stereocenters. The molecule has 3 rings (SSSR count). The van der Waals surface area contributed by atoms with Gasteiger partial charge in [-0.2, -0.15) is 19.1 Å². The quantitative estimate of drug-likeness (QED) is 0.233. The minimum Gasteiger partial charge on any atom is -0.445 e. The highest BCUT2D eigenvalue weighted by Gasteiger charge is 2.32. The van der Waals surface area contributed by atoms with Gasteiger partial charge < -0.3 is 20.1 Å². The zero-order chi connectivity index (χ0) is 25.4. The third-order valence-electron chi connectivity index (χ3n) is 4.47. The summed E-state index contributed by atoms with van der Waals surface area (Å²) in [5.41, 5.74) is 1.26.